The molecular formula is C24H32N4O2. The van der Waals surface area contributed by atoms with Crippen LogP contribution in [0.25, 0.3) is 0 Å². The highest BCUT2D eigenvalue weighted by Crippen LogP contribution is 2.21. The van der Waals surface area contributed by atoms with Gasteiger partial charge < -0.3 is 19.4 Å². The lowest BCUT2D eigenvalue weighted by Crippen LogP contribution is -2.48. The lowest BCUT2D eigenvalue weighted by Gasteiger charge is -2.36. The lowest BCUT2D eigenvalue weighted by molar-refractivity contribution is 0.0746. The Balaban J connectivity index is 1.19. The second-order valence-electron chi connectivity index (χ2n) is 8.11. The maximum absolute atomic E-state index is 12.6. The predicted octanol–water partition coefficient (Wildman–Crippen LogP) is 3.30. The van der Waals surface area contributed by atoms with Crippen molar-refractivity contribution in [2.24, 2.45) is 0 Å². The normalized spacial score (nSPS) is 17.7. The van der Waals surface area contributed by atoms with Gasteiger partial charge in [0, 0.05) is 56.4 Å². The monoisotopic (exact) mass is 408 g/mol. The van der Waals surface area contributed by atoms with Gasteiger partial charge in [-0.2, -0.15) is 0 Å². The Hall–Kier alpha value is -2.60. The molecule has 2 aliphatic rings. The molecular weight excluding hydrogens is 376 g/mol. The molecule has 0 radical (unpaired) electrons. The van der Waals surface area contributed by atoms with Crippen LogP contribution in [0.15, 0.2) is 48.8 Å². The van der Waals surface area contributed by atoms with E-state index in [1.807, 2.05) is 4.90 Å². The van der Waals surface area contributed by atoms with Gasteiger partial charge in [0.1, 0.15) is 5.75 Å². The highest BCUT2D eigenvalue weighted by molar-refractivity contribution is 5.94. The van der Waals surface area contributed by atoms with E-state index in [1.54, 1.807) is 24.5 Å². The van der Waals surface area contributed by atoms with Crippen molar-refractivity contribution in [2.45, 2.75) is 25.7 Å². The van der Waals surface area contributed by atoms with E-state index in [1.165, 1.54) is 38.0 Å². The topological polar surface area (TPSA) is 48.9 Å². The number of amides is 1. The van der Waals surface area contributed by atoms with Gasteiger partial charge >= 0.3 is 0 Å². The summed E-state index contributed by atoms with van der Waals surface area (Å²) in [5.41, 5.74) is 1.90. The van der Waals surface area contributed by atoms with Crippen LogP contribution in [0.4, 0.5) is 5.69 Å². The summed E-state index contributed by atoms with van der Waals surface area (Å²) in [7, 11) is 0. The molecule has 30 heavy (non-hydrogen) atoms. The fourth-order valence-electron chi connectivity index (χ4n) is 4.26. The number of hydrogen-bond donors (Lipinski definition) is 0. The molecule has 3 heterocycles. The molecule has 2 fully saturated rings. The molecule has 0 bridgehead atoms. The number of rotatable bonds is 7. The largest absolute Gasteiger partial charge is 0.494 e. The zero-order valence-corrected chi connectivity index (χ0v) is 17.7. The Kier molecular flexibility index (Phi) is 7.19. The SMILES string of the molecule is O=C(c1ccncc1)N1CCN(c2ccc(OCCCN3CCCCC3)cc2)CC1. The van der Waals surface area contributed by atoms with Gasteiger partial charge in [-0.25, -0.2) is 0 Å². The average Bonchev–Trinajstić information content (AvgIpc) is 2.83. The first-order valence-electron chi connectivity index (χ1n) is 11.2. The summed E-state index contributed by atoms with van der Waals surface area (Å²) in [5, 5.41) is 0. The highest BCUT2D eigenvalue weighted by atomic mass is 16.5. The summed E-state index contributed by atoms with van der Waals surface area (Å²) in [4.78, 5) is 23.4. The minimum absolute atomic E-state index is 0.0883. The quantitative estimate of drug-likeness (QED) is 0.658. The van der Waals surface area contributed by atoms with Crippen LogP contribution in [0.3, 0.4) is 0 Å². The summed E-state index contributed by atoms with van der Waals surface area (Å²) >= 11 is 0. The fourth-order valence-corrected chi connectivity index (χ4v) is 4.26. The van der Waals surface area contributed by atoms with Crippen LogP contribution in [0, 0.1) is 0 Å². The number of nitrogens with zero attached hydrogens (tertiary/aromatic N) is 4. The van der Waals surface area contributed by atoms with Gasteiger partial charge in [-0.3, -0.25) is 9.78 Å². The average molecular weight is 409 g/mol. The molecule has 160 valence electrons. The van der Waals surface area contributed by atoms with Crippen LogP contribution in [-0.4, -0.2) is 73.1 Å². The number of carbonyl (C=O) groups is 1. The van der Waals surface area contributed by atoms with Gasteiger partial charge in [0.25, 0.3) is 5.91 Å². The number of hydrogen-bond acceptors (Lipinski definition) is 5. The standard InChI is InChI=1S/C24H32N4O2/c29-24(21-9-11-25-12-10-21)28-18-16-27(17-19-28)22-5-7-23(8-6-22)30-20-4-15-26-13-2-1-3-14-26/h5-12H,1-4,13-20H2. The zero-order chi connectivity index (χ0) is 20.6. The van der Waals surface area contributed by atoms with Crippen LogP contribution >= 0.6 is 0 Å². The number of piperidine rings is 1. The fraction of sp³-hybridized carbons (Fsp3) is 0.500. The molecule has 4 rings (SSSR count). The first kappa shape index (κ1) is 20.7. The lowest BCUT2D eigenvalue weighted by atomic mass is 10.1. The molecule has 1 aromatic carbocycles. The van der Waals surface area contributed by atoms with Crippen molar-refractivity contribution < 1.29 is 9.53 Å². The Morgan fingerprint density at radius 2 is 1.57 bits per heavy atom. The molecule has 0 saturated carbocycles. The smallest absolute Gasteiger partial charge is 0.254 e. The van der Waals surface area contributed by atoms with Crippen molar-refractivity contribution in [2.75, 3.05) is 57.3 Å². The van der Waals surface area contributed by atoms with E-state index >= 15 is 0 Å². The molecule has 1 aromatic heterocycles. The van der Waals surface area contributed by atoms with Crippen molar-refractivity contribution >= 4 is 11.6 Å². The van der Waals surface area contributed by atoms with Gasteiger partial charge in [-0.05, 0) is 68.8 Å². The molecule has 2 aromatic rings. The van der Waals surface area contributed by atoms with Gasteiger partial charge in [0.15, 0.2) is 0 Å². The molecule has 6 heteroatoms. The van der Waals surface area contributed by atoms with E-state index in [4.69, 9.17) is 4.74 Å². The molecule has 0 atom stereocenters. The van der Waals surface area contributed by atoms with E-state index in [0.29, 0.717) is 5.56 Å². The molecule has 2 aliphatic heterocycles. The Bertz CT molecular complexity index is 783. The first-order valence-corrected chi connectivity index (χ1v) is 11.2. The number of piperazine rings is 1. The summed E-state index contributed by atoms with van der Waals surface area (Å²) < 4.78 is 5.93. The number of ether oxygens (including phenoxy) is 1. The molecule has 0 N–H and O–H groups in total. The molecule has 0 unspecified atom stereocenters. The maximum atomic E-state index is 12.6. The van der Waals surface area contributed by atoms with Crippen molar-refractivity contribution in [1.82, 2.24) is 14.8 Å². The van der Waals surface area contributed by atoms with E-state index in [2.05, 4.69) is 39.0 Å². The second kappa shape index (κ2) is 10.4. The molecule has 0 aliphatic carbocycles. The number of carbonyl (C=O) groups excluding carboxylic acids is 1. The van der Waals surface area contributed by atoms with Gasteiger partial charge in [0.2, 0.25) is 0 Å². The third kappa shape index (κ3) is 5.51. The summed E-state index contributed by atoms with van der Waals surface area (Å²) in [5.74, 6) is 1.02. The minimum Gasteiger partial charge on any atom is -0.494 e. The van der Waals surface area contributed by atoms with Crippen molar-refractivity contribution in [3.8, 4) is 5.75 Å². The summed E-state index contributed by atoms with van der Waals surface area (Å²) in [6.45, 7) is 7.55. The van der Waals surface area contributed by atoms with Gasteiger partial charge in [-0.1, -0.05) is 6.42 Å². The number of anilines is 1. The van der Waals surface area contributed by atoms with Crippen molar-refractivity contribution in [3.63, 3.8) is 0 Å². The van der Waals surface area contributed by atoms with Crippen LogP contribution < -0.4 is 9.64 Å². The highest BCUT2D eigenvalue weighted by Gasteiger charge is 2.22. The number of pyridine rings is 1. The molecule has 0 spiro atoms. The predicted molar refractivity (Wildman–Crippen MR) is 119 cm³/mol. The number of likely N-dealkylation sites (tertiary alicyclic amines) is 1. The van der Waals surface area contributed by atoms with Crippen molar-refractivity contribution in [3.05, 3.63) is 54.4 Å². The van der Waals surface area contributed by atoms with Gasteiger partial charge in [-0.15, -0.1) is 0 Å². The molecule has 1 amide bonds. The zero-order valence-electron chi connectivity index (χ0n) is 17.7. The van der Waals surface area contributed by atoms with Crippen LogP contribution in [-0.2, 0) is 0 Å². The van der Waals surface area contributed by atoms with Crippen molar-refractivity contribution in [1.29, 1.82) is 0 Å². The minimum atomic E-state index is 0.0883. The summed E-state index contributed by atoms with van der Waals surface area (Å²) in [6.07, 6.45) is 8.48. The molecule has 6 nitrogen and oxygen atoms in total. The maximum Gasteiger partial charge on any atom is 0.254 e. The van der Waals surface area contributed by atoms with E-state index < -0.39 is 0 Å². The van der Waals surface area contributed by atoms with Crippen LogP contribution in [0.1, 0.15) is 36.0 Å². The van der Waals surface area contributed by atoms with E-state index in [-0.39, 0.29) is 5.91 Å². The second-order valence-corrected chi connectivity index (χ2v) is 8.11. The Labute approximate surface area is 179 Å². The molecule has 2 saturated heterocycles. The van der Waals surface area contributed by atoms with E-state index in [0.717, 1.165) is 51.5 Å². The van der Waals surface area contributed by atoms with Gasteiger partial charge in [0.05, 0.1) is 6.61 Å². The third-order valence-corrected chi connectivity index (χ3v) is 6.03. The van der Waals surface area contributed by atoms with Crippen LogP contribution in [0.5, 0.6) is 5.75 Å². The Morgan fingerprint density at radius 1 is 0.867 bits per heavy atom. The Morgan fingerprint density at radius 3 is 2.27 bits per heavy atom. The third-order valence-electron chi connectivity index (χ3n) is 6.03. The number of benzene rings is 1. The van der Waals surface area contributed by atoms with E-state index in [9.17, 15) is 4.79 Å². The van der Waals surface area contributed by atoms with Crippen LogP contribution in [0.2, 0.25) is 0 Å². The first-order chi connectivity index (χ1) is 14.8. The summed E-state index contributed by atoms with van der Waals surface area (Å²) in [6, 6.07) is 11.9. The number of aromatic nitrogens is 1.